The Labute approximate surface area is 139 Å². The monoisotopic (exact) mass is 328 g/mol. The van der Waals surface area contributed by atoms with Crippen molar-refractivity contribution in [3.8, 4) is 11.5 Å². The van der Waals surface area contributed by atoms with Gasteiger partial charge >= 0.3 is 0 Å². The summed E-state index contributed by atoms with van der Waals surface area (Å²) in [6.07, 6.45) is 0.581. The predicted octanol–water partition coefficient (Wildman–Crippen LogP) is 1.96. The van der Waals surface area contributed by atoms with E-state index in [0.717, 1.165) is 24.2 Å². The van der Waals surface area contributed by atoms with Gasteiger partial charge in [-0.15, -0.1) is 0 Å². The average molecular weight is 328 g/mol. The molecule has 0 saturated carbocycles. The van der Waals surface area contributed by atoms with Crippen molar-refractivity contribution in [3.63, 3.8) is 0 Å². The summed E-state index contributed by atoms with van der Waals surface area (Å²) in [5.74, 6) is 0.208. The number of methoxy groups -OCH3 is 2. The van der Waals surface area contributed by atoms with Crippen LogP contribution < -0.4 is 4.74 Å². The van der Waals surface area contributed by atoms with Crippen molar-refractivity contribution in [2.45, 2.75) is 6.92 Å². The molecule has 0 fully saturated rings. The van der Waals surface area contributed by atoms with Crippen molar-refractivity contribution in [2.75, 3.05) is 61.2 Å². The van der Waals surface area contributed by atoms with Gasteiger partial charge in [-0.2, -0.15) is 0 Å². The average Bonchev–Trinajstić information content (AvgIpc) is 2.55. The lowest BCUT2D eigenvalue weighted by atomic mass is 10.2. The molecule has 0 aliphatic rings. The number of likely N-dealkylation sites (N-methyl/N-ethyl adjacent to an activating group) is 1. The van der Waals surface area contributed by atoms with Crippen molar-refractivity contribution in [3.05, 3.63) is 23.8 Å². The number of hydrogen-bond donors (Lipinski definition) is 1. The van der Waals surface area contributed by atoms with Crippen molar-refractivity contribution < 1.29 is 28.6 Å². The molecule has 23 heavy (non-hydrogen) atoms. The normalized spacial score (nSPS) is 10.7. The fraction of sp³-hybridized carbons (Fsp3) is 0.588. The molecule has 0 heterocycles. The van der Waals surface area contributed by atoms with Crippen LogP contribution in [0.1, 0.15) is 17.3 Å². The maximum atomic E-state index is 10.3. The second-order valence-electron chi connectivity index (χ2n) is 5.60. The minimum absolute atomic E-state index is 0.106. The van der Waals surface area contributed by atoms with E-state index in [9.17, 15) is 9.90 Å². The molecule has 0 aliphatic carbocycles. The molecular formula is C17H30NO5+. The van der Waals surface area contributed by atoms with E-state index < -0.39 is 0 Å². The maximum absolute atomic E-state index is 10.3. The molecule has 0 saturated heterocycles. The van der Waals surface area contributed by atoms with Crippen LogP contribution in [0.4, 0.5) is 0 Å². The molecule has 0 radical (unpaired) electrons. The summed E-state index contributed by atoms with van der Waals surface area (Å²) in [6.45, 7) is 6.63. The predicted molar refractivity (Wildman–Crippen MR) is 90.3 cm³/mol. The molecular weight excluding hydrogens is 298 g/mol. The van der Waals surface area contributed by atoms with Gasteiger partial charge in [-0.25, -0.2) is 0 Å². The molecule has 0 aromatic heterocycles. The molecule has 0 amide bonds. The van der Waals surface area contributed by atoms with E-state index in [0.29, 0.717) is 25.2 Å². The van der Waals surface area contributed by atoms with Crippen LogP contribution >= 0.6 is 0 Å². The number of nitrogens with zero attached hydrogens (tertiary/aromatic N) is 1. The number of quaternary nitrogens is 1. The molecule has 0 aliphatic heterocycles. The van der Waals surface area contributed by atoms with Gasteiger partial charge in [0.05, 0.1) is 53.1 Å². The number of aldehydes is 1. The summed E-state index contributed by atoms with van der Waals surface area (Å²) in [7, 11) is 7.54. The first-order valence-corrected chi connectivity index (χ1v) is 7.61. The summed E-state index contributed by atoms with van der Waals surface area (Å²) in [6, 6.07) is 4.75. The molecule has 0 unspecified atom stereocenters. The van der Waals surface area contributed by atoms with Gasteiger partial charge < -0.3 is 23.8 Å². The molecule has 0 bridgehead atoms. The van der Waals surface area contributed by atoms with Crippen LogP contribution in [0.5, 0.6) is 11.5 Å². The fourth-order valence-electron chi connectivity index (χ4n) is 1.51. The standard InChI is InChI=1S/C9H22NO2.C8H8O3/c1-5-10(2,3)6-7-12-9-8-11-4;1-11-7-4-2-3-6(5-9)8(7)10/h5-9H2,1-4H3;2-5,10H,1H3/q+1;. The van der Waals surface area contributed by atoms with Crippen LogP contribution in [-0.2, 0) is 9.47 Å². The van der Waals surface area contributed by atoms with E-state index in [1.165, 1.54) is 13.2 Å². The van der Waals surface area contributed by atoms with E-state index in [1.807, 2.05) is 0 Å². The van der Waals surface area contributed by atoms with E-state index >= 15 is 0 Å². The highest BCUT2D eigenvalue weighted by atomic mass is 16.5. The van der Waals surface area contributed by atoms with Crippen molar-refractivity contribution in [1.29, 1.82) is 0 Å². The number of carbonyl (C=O) groups excluding carboxylic acids is 1. The molecule has 6 nitrogen and oxygen atoms in total. The Bertz CT molecular complexity index is 449. The maximum Gasteiger partial charge on any atom is 0.168 e. The number of rotatable bonds is 9. The summed E-state index contributed by atoms with van der Waals surface area (Å²) in [5, 5.41) is 9.23. The van der Waals surface area contributed by atoms with Gasteiger partial charge in [0.25, 0.3) is 0 Å². The van der Waals surface area contributed by atoms with Gasteiger partial charge in [0, 0.05) is 7.11 Å². The Balaban J connectivity index is 0.000000422. The Hall–Kier alpha value is -1.63. The van der Waals surface area contributed by atoms with E-state index in [-0.39, 0.29) is 11.3 Å². The molecule has 1 aromatic rings. The Morgan fingerprint density at radius 3 is 2.39 bits per heavy atom. The van der Waals surface area contributed by atoms with Crippen LogP contribution in [-0.4, -0.2) is 77.1 Å². The summed E-state index contributed by atoms with van der Waals surface area (Å²) in [4.78, 5) is 10.3. The number of phenolic OH excluding ortho intramolecular Hbond substituents is 1. The van der Waals surface area contributed by atoms with Crippen LogP contribution in [0.2, 0.25) is 0 Å². The first kappa shape index (κ1) is 21.4. The largest absolute Gasteiger partial charge is 0.504 e. The third kappa shape index (κ3) is 9.18. The van der Waals surface area contributed by atoms with Crippen LogP contribution in [0.3, 0.4) is 0 Å². The van der Waals surface area contributed by atoms with Gasteiger partial charge in [-0.3, -0.25) is 4.79 Å². The molecule has 0 atom stereocenters. The zero-order valence-corrected chi connectivity index (χ0v) is 14.9. The number of aromatic hydroxyl groups is 1. The summed E-state index contributed by atoms with van der Waals surface area (Å²) in [5.41, 5.74) is 0.240. The summed E-state index contributed by atoms with van der Waals surface area (Å²) < 4.78 is 16.0. The first-order chi connectivity index (χ1) is 10.9. The number of carbonyl (C=O) groups is 1. The number of phenols is 1. The second kappa shape index (κ2) is 11.9. The highest BCUT2D eigenvalue weighted by molar-refractivity contribution is 5.80. The minimum Gasteiger partial charge on any atom is -0.504 e. The number of hydrogen-bond acceptors (Lipinski definition) is 5. The van der Waals surface area contributed by atoms with Gasteiger partial charge in [-0.1, -0.05) is 6.07 Å². The zero-order valence-electron chi connectivity index (χ0n) is 14.9. The van der Waals surface area contributed by atoms with Crippen molar-refractivity contribution in [2.24, 2.45) is 0 Å². The van der Waals surface area contributed by atoms with Gasteiger partial charge in [0.15, 0.2) is 17.8 Å². The third-order valence-electron chi connectivity index (χ3n) is 3.51. The SMILES string of the molecule is CC[N+](C)(C)CCOCCOC.COc1cccc(C=O)c1O. The van der Waals surface area contributed by atoms with Gasteiger partial charge in [0.2, 0.25) is 0 Å². The topological polar surface area (TPSA) is 65.0 Å². The number of ether oxygens (including phenoxy) is 3. The second-order valence-corrected chi connectivity index (χ2v) is 5.60. The molecule has 1 rings (SSSR count). The Morgan fingerprint density at radius 2 is 1.87 bits per heavy atom. The lowest BCUT2D eigenvalue weighted by Gasteiger charge is -2.27. The molecule has 1 aromatic carbocycles. The Kier molecular flexibility index (Phi) is 11.0. The lowest BCUT2D eigenvalue weighted by Crippen LogP contribution is -2.42. The molecule has 0 spiro atoms. The third-order valence-corrected chi connectivity index (χ3v) is 3.51. The van der Waals surface area contributed by atoms with Crippen molar-refractivity contribution >= 4 is 6.29 Å². The summed E-state index contributed by atoms with van der Waals surface area (Å²) >= 11 is 0. The highest BCUT2D eigenvalue weighted by Gasteiger charge is 2.10. The minimum atomic E-state index is -0.106. The van der Waals surface area contributed by atoms with E-state index in [2.05, 4.69) is 21.0 Å². The zero-order chi connectivity index (χ0) is 17.7. The quantitative estimate of drug-likeness (QED) is 0.426. The first-order valence-electron chi connectivity index (χ1n) is 7.61. The highest BCUT2D eigenvalue weighted by Crippen LogP contribution is 2.27. The van der Waals surface area contributed by atoms with Crippen LogP contribution in [0.15, 0.2) is 18.2 Å². The molecule has 6 heteroatoms. The number of para-hydroxylation sites is 1. The fourth-order valence-corrected chi connectivity index (χ4v) is 1.51. The van der Waals surface area contributed by atoms with Gasteiger partial charge in [0.1, 0.15) is 6.54 Å². The molecule has 1 N–H and O–H groups in total. The Morgan fingerprint density at radius 1 is 1.17 bits per heavy atom. The van der Waals surface area contributed by atoms with Crippen molar-refractivity contribution in [1.82, 2.24) is 0 Å². The van der Waals surface area contributed by atoms with E-state index in [4.69, 9.17) is 14.2 Å². The molecule has 132 valence electrons. The van der Waals surface area contributed by atoms with Crippen LogP contribution in [0, 0.1) is 0 Å². The van der Waals surface area contributed by atoms with Crippen LogP contribution in [0.25, 0.3) is 0 Å². The smallest absolute Gasteiger partial charge is 0.168 e. The van der Waals surface area contributed by atoms with E-state index in [1.54, 1.807) is 19.2 Å². The lowest BCUT2D eigenvalue weighted by molar-refractivity contribution is -0.888. The number of benzene rings is 1. The van der Waals surface area contributed by atoms with Gasteiger partial charge in [-0.05, 0) is 19.1 Å².